The zero-order chi connectivity index (χ0) is 16.2. The van der Waals surface area contributed by atoms with Gasteiger partial charge in [0.25, 0.3) is 0 Å². The van der Waals surface area contributed by atoms with Crippen molar-refractivity contribution in [3.63, 3.8) is 0 Å². The van der Waals surface area contributed by atoms with Gasteiger partial charge in [0.05, 0.1) is 11.6 Å². The summed E-state index contributed by atoms with van der Waals surface area (Å²) in [7, 11) is 0. The number of halogens is 4. The van der Waals surface area contributed by atoms with E-state index in [1.54, 1.807) is 0 Å². The maximum Gasteiger partial charge on any atom is 0.417 e. The van der Waals surface area contributed by atoms with Gasteiger partial charge in [0, 0.05) is 16.6 Å². The molecule has 0 saturated heterocycles. The van der Waals surface area contributed by atoms with E-state index in [1.807, 2.05) is 0 Å². The molecular formula is C12H12BrF3N2O3. The molecule has 9 heteroatoms. The Morgan fingerprint density at radius 2 is 2.00 bits per heavy atom. The first kappa shape index (κ1) is 17.4. The van der Waals surface area contributed by atoms with Crippen molar-refractivity contribution < 1.29 is 27.9 Å². The highest BCUT2D eigenvalue weighted by Gasteiger charge is 2.33. The Hall–Kier alpha value is -1.61. The number of hydrogen-bond donors (Lipinski definition) is 3. The first-order valence-corrected chi connectivity index (χ1v) is 6.55. The molecular weight excluding hydrogens is 357 g/mol. The van der Waals surface area contributed by atoms with Crippen LogP contribution in [-0.4, -0.2) is 23.0 Å². The first-order chi connectivity index (χ1) is 9.61. The Morgan fingerprint density at radius 1 is 1.38 bits per heavy atom. The lowest BCUT2D eigenvalue weighted by molar-refractivity contribution is -0.138. The van der Waals surface area contributed by atoms with Crippen molar-refractivity contribution in [1.82, 2.24) is 0 Å². The van der Waals surface area contributed by atoms with Crippen LogP contribution in [0.3, 0.4) is 0 Å². The van der Waals surface area contributed by atoms with Gasteiger partial charge in [-0.25, -0.2) is 0 Å². The molecule has 116 valence electrons. The van der Waals surface area contributed by atoms with Crippen LogP contribution in [0.5, 0.6) is 0 Å². The number of benzene rings is 1. The van der Waals surface area contributed by atoms with Gasteiger partial charge in [0.1, 0.15) is 0 Å². The second kappa shape index (κ2) is 6.90. The lowest BCUT2D eigenvalue weighted by atomic mass is 10.1. The van der Waals surface area contributed by atoms with Crippen molar-refractivity contribution in [3.05, 3.63) is 28.2 Å². The van der Waals surface area contributed by atoms with Gasteiger partial charge < -0.3 is 16.2 Å². The topological polar surface area (TPSA) is 92.4 Å². The highest BCUT2D eigenvalue weighted by atomic mass is 79.9. The molecule has 0 radical (unpaired) electrons. The number of amides is 1. The molecule has 4 N–H and O–H groups in total. The minimum absolute atomic E-state index is 0.0682. The zero-order valence-corrected chi connectivity index (χ0v) is 12.2. The van der Waals surface area contributed by atoms with Crippen LogP contribution in [0.1, 0.15) is 18.4 Å². The number of nitrogens with one attached hydrogen (secondary N) is 1. The van der Waals surface area contributed by atoms with Gasteiger partial charge in [0.15, 0.2) is 0 Å². The predicted molar refractivity (Wildman–Crippen MR) is 72.6 cm³/mol. The number of carbonyl (C=O) groups is 2. The number of rotatable bonds is 5. The molecule has 0 bridgehead atoms. The van der Waals surface area contributed by atoms with E-state index in [9.17, 15) is 22.8 Å². The summed E-state index contributed by atoms with van der Waals surface area (Å²) in [6.07, 6.45) is -4.97. The van der Waals surface area contributed by atoms with E-state index in [4.69, 9.17) is 10.8 Å². The summed E-state index contributed by atoms with van der Waals surface area (Å²) in [4.78, 5) is 22.0. The second-order valence-corrected chi connectivity index (χ2v) is 5.07. The highest BCUT2D eigenvalue weighted by molar-refractivity contribution is 9.10. The molecule has 0 fully saturated rings. The Labute approximate surface area is 126 Å². The third-order valence-corrected chi connectivity index (χ3v) is 3.24. The predicted octanol–water partition coefficient (Wildman–Crippen LogP) is 2.60. The first-order valence-electron chi connectivity index (χ1n) is 5.76. The molecule has 0 aromatic heterocycles. The van der Waals surface area contributed by atoms with E-state index in [2.05, 4.69) is 21.2 Å². The maximum absolute atomic E-state index is 12.7. The number of anilines is 1. The highest BCUT2D eigenvalue weighted by Crippen LogP contribution is 2.36. The Kier molecular flexibility index (Phi) is 5.73. The SMILES string of the molecule is NC(CCC(=O)O)C(=O)Nc1ccc(Br)c(C(F)(F)F)c1. The largest absolute Gasteiger partial charge is 0.481 e. The van der Waals surface area contributed by atoms with Crippen LogP contribution >= 0.6 is 15.9 Å². The molecule has 1 unspecified atom stereocenters. The van der Waals surface area contributed by atoms with E-state index in [-0.39, 0.29) is 23.0 Å². The van der Waals surface area contributed by atoms with Crippen LogP contribution in [0.4, 0.5) is 18.9 Å². The van der Waals surface area contributed by atoms with Gasteiger partial charge in [-0.2, -0.15) is 13.2 Å². The summed E-state index contributed by atoms with van der Waals surface area (Å²) in [6, 6.07) is 2.09. The van der Waals surface area contributed by atoms with Gasteiger partial charge in [-0.05, 0) is 24.6 Å². The van der Waals surface area contributed by atoms with Crippen LogP contribution in [0, 0.1) is 0 Å². The third-order valence-electron chi connectivity index (χ3n) is 2.55. The van der Waals surface area contributed by atoms with Gasteiger partial charge in [-0.3, -0.25) is 9.59 Å². The normalized spacial score (nSPS) is 12.8. The molecule has 0 heterocycles. The summed E-state index contributed by atoms with van der Waals surface area (Å²) in [6.45, 7) is 0. The average molecular weight is 369 g/mol. The van der Waals surface area contributed by atoms with E-state index >= 15 is 0 Å². The number of aliphatic carboxylic acids is 1. The molecule has 1 amide bonds. The number of hydrogen-bond acceptors (Lipinski definition) is 3. The van der Waals surface area contributed by atoms with E-state index in [0.717, 1.165) is 12.1 Å². The fraction of sp³-hybridized carbons (Fsp3) is 0.333. The number of nitrogens with two attached hydrogens (primary N) is 1. The van der Waals surface area contributed by atoms with Crippen LogP contribution in [0.2, 0.25) is 0 Å². The van der Waals surface area contributed by atoms with Gasteiger partial charge in [0.2, 0.25) is 5.91 Å². The molecule has 0 aliphatic heterocycles. The molecule has 1 rings (SSSR count). The van der Waals surface area contributed by atoms with Crippen molar-refractivity contribution in [3.8, 4) is 0 Å². The molecule has 0 spiro atoms. The van der Waals surface area contributed by atoms with Crippen molar-refractivity contribution in [2.24, 2.45) is 5.73 Å². The molecule has 1 aromatic rings. The van der Waals surface area contributed by atoms with Gasteiger partial charge >= 0.3 is 12.1 Å². The smallest absolute Gasteiger partial charge is 0.417 e. The molecule has 0 saturated carbocycles. The van der Waals surface area contributed by atoms with Crippen molar-refractivity contribution in [2.45, 2.75) is 25.1 Å². The number of carboxylic acids is 1. The number of alkyl halides is 3. The standard InChI is InChI=1S/C12H12BrF3N2O3/c13-8-2-1-6(5-7(8)12(14,15)16)18-11(21)9(17)3-4-10(19)20/h1-2,5,9H,3-4,17H2,(H,18,21)(H,19,20). The maximum atomic E-state index is 12.7. The van der Waals surface area contributed by atoms with Crippen LogP contribution < -0.4 is 11.1 Å². The third kappa shape index (κ3) is 5.35. The van der Waals surface area contributed by atoms with Crippen molar-refractivity contribution in [2.75, 3.05) is 5.32 Å². The zero-order valence-electron chi connectivity index (χ0n) is 10.6. The fourth-order valence-electron chi connectivity index (χ4n) is 1.47. The second-order valence-electron chi connectivity index (χ2n) is 4.22. The lowest BCUT2D eigenvalue weighted by Gasteiger charge is -2.14. The Bertz CT molecular complexity index is 549. The summed E-state index contributed by atoms with van der Waals surface area (Å²) in [5.41, 5.74) is 4.46. The van der Waals surface area contributed by atoms with Crippen LogP contribution in [0.25, 0.3) is 0 Å². The molecule has 1 atom stereocenters. The molecule has 0 aliphatic rings. The average Bonchev–Trinajstić information content (AvgIpc) is 2.36. The van der Waals surface area contributed by atoms with Gasteiger partial charge in [-0.15, -0.1) is 0 Å². The minimum atomic E-state index is -4.56. The van der Waals surface area contributed by atoms with Crippen molar-refractivity contribution in [1.29, 1.82) is 0 Å². The van der Waals surface area contributed by atoms with Crippen molar-refractivity contribution >= 4 is 33.5 Å². The Balaban J connectivity index is 2.79. The summed E-state index contributed by atoms with van der Waals surface area (Å²) in [5.74, 6) is -1.85. The molecule has 5 nitrogen and oxygen atoms in total. The molecule has 21 heavy (non-hydrogen) atoms. The summed E-state index contributed by atoms with van der Waals surface area (Å²) < 4.78 is 38.0. The number of carboxylic acid groups (broad SMARTS) is 1. The molecule has 0 aliphatic carbocycles. The summed E-state index contributed by atoms with van der Waals surface area (Å²) in [5, 5.41) is 10.7. The quantitative estimate of drug-likeness (QED) is 0.744. The minimum Gasteiger partial charge on any atom is -0.481 e. The molecule has 1 aromatic carbocycles. The summed E-state index contributed by atoms with van der Waals surface area (Å²) >= 11 is 2.78. The van der Waals surface area contributed by atoms with E-state index in [1.165, 1.54) is 6.07 Å². The number of carbonyl (C=O) groups excluding carboxylic acids is 1. The van der Waals surface area contributed by atoms with E-state index in [0.29, 0.717) is 0 Å². The fourth-order valence-corrected chi connectivity index (χ4v) is 1.94. The van der Waals surface area contributed by atoms with Crippen LogP contribution in [-0.2, 0) is 15.8 Å². The van der Waals surface area contributed by atoms with Gasteiger partial charge in [-0.1, -0.05) is 15.9 Å². The lowest BCUT2D eigenvalue weighted by Crippen LogP contribution is -2.36. The van der Waals surface area contributed by atoms with Crippen LogP contribution in [0.15, 0.2) is 22.7 Å². The monoisotopic (exact) mass is 368 g/mol. The Morgan fingerprint density at radius 3 is 2.52 bits per heavy atom. The van der Waals surface area contributed by atoms with E-state index < -0.39 is 29.7 Å².